The smallest absolute Gasteiger partial charge is 0.370 e. The summed E-state index contributed by atoms with van der Waals surface area (Å²) in [5, 5.41) is 24.2. The van der Waals surface area contributed by atoms with Crippen LogP contribution in [0.4, 0.5) is 0 Å². The van der Waals surface area contributed by atoms with Crippen molar-refractivity contribution in [2.24, 2.45) is 0 Å². The summed E-state index contributed by atoms with van der Waals surface area (Å²) < 4.78 is 0. The summed E-state index contributed by atoms with van der Waals surface area (Å²) in [6.07, 6.45) is -0.213. The first-order chi connectivity index (χ1) is 4.63. The fourth-order valence-corrected chi connectivity index (χ4v) is 0.375. The van der Waals surface area contributed by atoms with Crippen LogP contribution in [0.5, 0.6) is 0 Å². The van der Waals surface area contributed by atoms with Crippen LogP contribution in [0, 0.1) is 0 Å². The summed E-state index contributed by atoms with van der Waals surface area (Å²) in [6, 6.07) is 0. The maximum Gasteiger partial charge on any atom is 0.370 e. The first-order valence-electron chi connectivity index (χ1n) is 2.51. The molecule has 0 radical (unpaired) electrons. The monoisotopic (exact) mass is 152 g/mol. The van der Waals surface area contributed by atoms with Crippen molar-refractivity contribution in [1.29, 1.82) is 0 Å². The minimum atomic E-state index is -2.35. The fourth-order valence-electron chi connectivity index (χ4n) is 0.375. The van der Waals surface area contributed by atoms with Crippen molar-refractivity contribution in [3.05, 3.63) is 0 Å². The molecule has 0 aliphatic carbocycles. The van der Waals surface area contributed by atoms with Gasteiger partial charge in [0.1, 0.15) is 0 Å². The van der Waals surface area contributed by atoms with Gasteiger partial charge in [-0.15, -0.1) is 0 Å². The quantitative estimate of drug-likeness (QED) is 0.301. The maximum absolute atomic E-state index is 10.1. The largest absolute Gasteiger partial charge is 0.477 e. The Balaban J connectivity index is 4.31. The average Bonchev–Trinajstić information content (AvgIpc) is 1.92. The molecule has 3 N–H and O–H groups in total. The van der Waals surface area contributed by atoms with Gasteiger partial charge in [-0.25, -0.2) is 15.3 Å². The third-order valence-electron chi connectivity index (χ3n) is 1.09. The van der Waals surface area contributed by atoms with Crippen LogP contribution in [0.25, 0.3) is 0 Å². The molecular weight excluding hydrogens is 144 g/mol. The van der Waals surface area contributed by atoms with Gasteiger partial charge in [0, 0.05) is 6.42 Å². The SMILES string of the molecule is CCC(OO)(OO)C(=O)O. The highest BCUT2D eigenvalue weighted by atomic mass is 17.2. The summed E-state index contributed by atoms with van der Waals surface area (Å²) in [4.78, 5) is 17.0. The zero-order valence-electron chi connectivity index (χ0n) is 5.27. The Morgan fingerprint density at radius 3 is 1.90 bits per heavy atom. The van der Waals surface area contributed by atoms with Crippen molar-refractivity contribution >= 4 is 5.97 Å². The highest BCUT2D eigenvalue weighted by molar-refractivity contribution is 5.75. The van der Waals surface area contributed by atoms with E-state index in [1.54, 1.807) is 0 Å². The van der Waals surface area contributed by atoms with E-state index in [2.05, 4.69) is 9.78 Å². The van der Waals surface area contributed by atoms with Crippen molar-refractivity contribution in [3.63, 3.8) is 0 Å². The molecule has 0 amide bonds. The fraction of sp³-hybridized carbons (Fsp3) is 0.750. The van der Waals surface area contributed by atoms with Crippen LogP contribution in [0.1, 0.15) is 13.3 Å². The van der Waals surface area contributed by atoms with Gasteiger partial charge in [0.2, 0.25) is 0 Å². The van der Waals surface area contributed by atoms with Crippen LogP contribution in [0.2, 0.25) is 0 Å². The molecule has 0 saturated heterocycles. The molecule has 60 valence electrons. The minimum absolute atomic E-state index is 0.213. The summed E-state index contributed by atoms with van der Waals surface area (Å²) in [5.74, 6) is -3.94. The van der Waals surface area contributed by atoms with Gasteiger partial charge in [-0.2, -0.15) is 9.78 Å². The molecule has 0 aromatic heterocycles. The highest BCUT2D eigenvalue weighted by Crippen LogP contribution is 2.14. The molecule has 6 heteroatoms. The average molecular weight is 152 g/mol. The predicted octanol–water partition coefficient (Wildman–Crippen LogP) is 0.156. The van der Waals surface area contributed by atoms with Crippen molar-refractivity contribution in [1.82, 2.24) is 0 Å². The number of carboxylic acids is 1. The molecule has 0 rings (SSSR count). The normalized spacial score (nSPS) is 11.5. The summed E-state index contributed by atoms with van der Waals surface area (Å²) >= 11 is 0. The molecule has 0 aromatic carbocycles. The Hall–Kier alpha value is -0.690. The zero-order valence-corrected chi connectivity index (χ0v) is 5.27. The molecule has 0 fully saturated rings. The Morgan fingerprint density at radius 1 is 1.50 bits per heavy atom. The van der Waals surface area contributed by atoms with Crippen LogP contribution in [-0.2, 0) is 14.6 Å². The number of carbonyl (C=O) groups is 1. The van der Waals surface area contributed by atoms with Crippen LogP contribution in [0.3, 0.4) is 0 Å². The topological polar surface area (TPSA) is 96.2 Å². The summed E-state index contributed by atoms with van der Waals surface area (Å²) in [7, 11) is 0. The second-order valence-electron chi connectivity index (χ2n) is 1.59. The van der Waals surface area contributed by atoms with Crippen LogP contribution < -0.4 is 0 Å². The van der Waals surface area contributed by atoms with Gasteiger partial charge in [-0.3, -0.25) is 0 Å². The number of aliphatic carboxylic acids is 1. The lowest BCUT2D eigenvalue weighted by atomic mass is 10.2. The molecule has 10 heavy (non-hydrogen) atoms. The molecule has 0 atom stereocenters. The lowest BCUT2D eigenvalue weighted by Crippen LogP contribution is -2.42. The highest BCUT2D eigenvalue weighted by Gasteiger charge is 2.41. The molecule has 0 spiro atoms. The van der Waals surface area contributed by atoms with Crippen LogP contribution in [-0.4, -0.2) is 27.4 Å². The lowest BCUT2D eigenvalue weighted by molar-refractivity contribution is -0.471. The minimum Gasteiger partial charge on any atom is -0.477 e. The van der Waals surface area contributed by atoms with E-state index in [4.69, 9.17) is 15.6 Å². The standard InChI is InChI=1S/C4H8O6/c1-2-4(9-7,10-8)3(5)6/h7-8H,2H2,1H3,(H,5,6). The number of rotatable bonds is 4. The van der Waals surface area contributed by atoms with Gasteiger partial charge < -0.3 is 5.11 Å². The number of hydrogen-bond acceptors (Lipinski definition) is 5. The Bertz CT molecular complexity index is 109. The van der Waals surface area contributed by atoms with E-state index >= 15 is 0 Å². The second-order valence-corrected chi connectivity index (χ2v) is 1.59. The molecular formula is C4H8O6. The van der Waals surface area contributed by atoms with E-state index in [0.29, 0.717) is 0 Å². The van der Waals surface area contributed by atoms with Gasteiger partial charge in [0.25, 0.3) is 0 Å². The van der Waals surface area contributed by atoms with Gasteiger partial charge in [-0.05, 0) is 0 Å². The van der Waals surface area contributed by atoms with E-state index in [1.807, 2.05) is 0 Å². The zero-order chi connectivity index (χ0) is 8.20. The van der Waals surface area contributed by atoms with E-state index in [1.165, 1.54) is 6.92 Å². The lowest BCUT2D eigenvalue weighted by Gasteiger charge is -2.18. The third-order valence-corrected chi connectivity index (χ3v) is 1.09. The molecule has 0 bridgehead atoms. The maximum atomic E-state index is 10.1. The molecule has 0 aliphatic rings. The van der Waals surface area contributed by atoms with Crippen molar-refractivity contribution < 1.29 is 30.2 Å². The van der Waals surface area contributed by atoms with Crippen molar-refractivity contribution in [3.8, 4) is 0 Å². The van der Waals surface area contributed by atoms with Gasteiger partial charge in [0.05, 0.1) is 0 Å². The van der Waals surface area contributed by atoms with Crippen LogP contribution >= 0.6 is 0 Å². The van der Waals surface area contributed by atoms with E-state index in [-0.39, 0.29) is 6.42 Å². The Kier molecular flexibility index (Phi) is 3.23. The molecule has 0 unspecified atom stereocenters. The number of carboxylic acid groups (broad SMARTS) is 1. The number of hydrogen-bond donors (Lipinski definition) is 3. The second kappa shape index (κ2) is 3.47. The molecule has 0 saturated carbocycles. The van der Waals surface area contributed by atoms with Crippen LogP contribution in [0.15, 0.2) is 0 Å². The predicted molar refractivity (Wildman–Crippen MR) is 28.1 cm³/mol. The Labute approximate surface area is 56.5 Å². The summed E-state index contributed by atoms with van der Waals surface area (Å²) in [6.45, 7) is 1.36. The van der Waals surface area contributed by atoms with E-state index < -0.39 is 11.8 Å². The van der Waals surface area contributed by atoms with E-state index in [9.17, 15) is 4.79 Å². The van der Waals surface area contributed by atoms with Gasteiger partial charge >= 0.3 is 11.8 Å². The van der Waals surface area contributed by atoms with Crippen molar-refractivity contribution in [2.45, 2.75) is 19.1 Å². The van der Waals surface area contributed by atoms with Gasteiger partial charge in [0.15, 0.2) is 0 Å². The summed E-state index contributed by atoms with van der Waals surface area (Å²) in [5.41, 5.74) is 0. The van der Waals surface area contributed by atoms with E-state index in [0.717, 1.165) is 0 Å². The molecule has 0 heterocycles. The molecule has 0 aliphatic heterocycles. The van der Waals surface area contributed by atoms with Crippen molar-refractivity contribution in [2.75, 3.05) is 0 Å². The Morgan fingerprint density at radius 2 is 1.90 bits per heavy atom. The molecule has 6 nitrogen and oxygen atoms in total. The first-order valence-corrected chi connectivity index (χ1v) is 2.51. The third kappa shape index (κ3) is 1.42. The first kappa shape index (κ1) is 9.31. The van der Waals surface area contributed by atoms with Gasteiger partial charge in [-0.1, -0.05) is 6.92 Å². The molecule has 0 aromatic rings.